The molecule has 4 nitrogen and oxygen atoms in total. The fourth-order valence-electron chi connectivity index (χ4n) is 2.83. The molecule has 23 heavy (non-hydrogen) atoms. The van der Waals surface area contributed by atoms with Crippen LogP contribution in [-0.2, 0) is 16.0 Å². The van der Waals surface area contributed by atoms with Crippen molar-refractivity contribution in [3.8, 4) is 0 Å². The summed E-state index contributed by atoms with van der Waals surface area (Å²) in [5, 5.41) is 18.3. The van der Waals surface area contributed by atoms with Gasteiger partial charge in [0.05, 0.1) is 6.10 Å². The van der Waals surface area contributed by atoms with E-state index < -0.39 is 24.3 Å². The summed E-state index contributed by atoms with van der Waals surface area (Å²) in [5.41, 5.74) is 3.84. The standard InChI is InChI=1S/C19H22O4/c20-16(12-17(21)13-19(22)23)10-5-9-15-7-2-1-6-14-8-3-4-11-18(14)15/h3-5,8-11,16,20H,1-2,6-7,12-13H2,(H,22,23)/b10-5+,15-9+. The van der Waals surface area contributed by atoms with E-state index >= 15 is 0 Å². The number of carbonyl (C=O) groups is 2. The molecule has 4 heteroatoms. The third kappa shape index (κ3) is 5.49. The van der Waals surface area contributed by atoms with E-state index in [1.54, 1.807) is 12.2 Å². The van der Waals surface area contributed by atoms with Gasteiger partial charge in [-0.3, -0.25) is 9.59 Å². The normalized spacial score (nSPS) is 17.7. The van der Waals surface area contributed by atoms with Crippen LogP contribution in [0.3, 0.4) is 0 Å². The van der Waals surface area contributed by atoms with Gasteiger partial charge in [0.25, 0.3) is 0 Å². The molecule has 0 amide bonds. The number of benzene rings is 1. The minimum atomic E-state index is -1.16. The molecule has 1 unspecified atom stereocenters. The van der Waals surface area contributed by atoms with Crippen LogP contribution in [-0.4, -0.2) is 28.1 Å². The molecule has 0 bridgehead atoms. The zero-order valence-electron chi connectivity index (χ0n) is 13.1. The molecule has 0 fully saturated rings. The molecule has 0 saturated carbocycles. The number of ketones is 1. The molecular formula is C19H22O4. The first-order valence-corrected chi connectivity index (χ1v) is 7.93. The quantitative estimate of drug-likeness (QED) is 0.625. The molecule has 1 aliphatic rings. The SMILES string of the molecule is O=C(O)CC(=O)CC(O)/C=C/C=C1\CCCCc2ccccc21. The van der Waals surface area contributed by atoms with Gasteiger partial charge in [-0.25, -0.2) is 0 Å². The van der Waals surface area contributed by atoms with Gasteiger partial charge in [-0.15, -0.1) is 0 Å². The third-order valence-electron chi connectivity index (χ3n) is 3.92. The van der Waals surface area contributed by atoms with Crippen molar-refractivity contribution < 1.29 is 19.8 Å². The number of hydrogen-bond acceptors (Lipinski definition) is 3. The van der Waals surface area contributed by atoms with Crippen molar-refractivity contribution >= 4 is 17.3 Å². The first-order valence-electron chi connectivity index (χ1n) is 7.93. The molecule has 0 saturated heterocycles. The summed E-state index contributed by atoms with van der Waals surface area (Å²) in [7, 11) is 0. The first-order chi connectivity index (χ1) is 11.1. The van der Waals surface area contributed by atoms with Gasteiger partial charge >= 0.3 is 5.97 Å². The van der Waals surface area contributed by atoms with Gasteiger partial charge in [0.15, 0.2) is 0 Å². The fourth-order valence-corrected chi connectivity index (χ4v) is 2.83. The van der Waals surface area contributed by atoms with Crippen molar-refractivity contribution in [1.82, 2.24) is 0 Å². The number of allylic oxidation sites excluding steroid dienone is 3. The lowest BCUT2D eigenvalue weighted by Gasteiger charge is -2.08. The van der Waals surface area contributed by atoms with Gasteiger partial charge in [0, 0.05) is 6.42 Å². The van der Waals surface area contributed by atoms with E-state index in [0.717, 1.165) is 19.3 Å². The minimum absolute atomic E-state index is 0.164. The maximum absolute atomic E-state index is 11.3. The highest BCUT2D eigenvalue weighted by atomic mass is 16.4. The first kappa shape index (κ1) is 17.2. The van der Waals surface area contributed by atoms with Gasteiger partial charge in [-0.05, 0) is 42.4 Å². The van der Waals surface area contributed by atoms with E-state index in [9.17, 15) is 14.7 Å². The third-order valence-corrected chi connectivity index (χ3v) is 3.92. The molecule has 1 aromatic rings. The van der Waals surface area contributed by atoms with Crippen LogP contribution in [0.5, 0.6) is 0 Å². The van der Waals surface area contributed by atoms with E-state index in [-0.39, 0.29) is 6.42 Å². The lowest BCUT2D eigenvalue weighted by Crippen LogP contribution is -2.14. The maximum Gasteiger partial charge on any atom is 0.310 e. The second kappa shape index (κ2) is 8.44. The molecule has 1 atom stereocenters. The van der Waals surface area contributed by atoms with Crippen molar-refractivity contribution in [2.75, 3.05) is 0 Å². The van der Waals surface area contributed by atoms with Crippen LogP contribution >= 0.6 is 0 Å². The summed E-state index contributed by atoms with van der Waals surface area (Å²) in [6, 6.07) is 8.35. The minimum Gasteiger partial charge on any atom is -0.481 e. The van der Waals surface area contributed by atoms with Crippen molar-refractivity contribution in [2.45, 2.75) is 44.6 Å². The summed E-state index contributed by atoms with van der Waals surface area (Å²) in [6.45, 7) is 0. The molecule has 0 heterocycles. The Hall–Kier alpha value is -2.20. The largest absolute Gasteiger partial charge is 0.481 e. The van der Waals surface area contributed by atoms with Crippen molar-refractivity contribution in [1.29, 1.82) is 0 Å². The number of Topliss-reactive ketones (excluding diaryl/α,β-unsaturated/α-hetero) is 1. The molecule has 122 valence electrons. The summed E-state index contributed by atoms with van der Waals surface area (Å²) in [4.78, 5) is 21.8. The number of fused-ring (bicyclic) bond motifs is 1. The highest BCUT2D eigenvalue weighted by Crippen LogP contribution is 2.29. The number of carboxylic acid groups (broad SMARTS) is 1. The topological polar surface area (TPSA) is 74.6 Å². The molecule has 0 radical (unpaired) electrons. The average Bonchev–Trinajstić information content (AvgIpc) is 2.69. The van der Waals surface area contributed by atoms with Crippen LogP contribution in [0, 0.1) is 0 Å². The van der Waals surface area contributed by atoms with Gasteiger partial charge in [0.2, 0.25) is 0 Å². The molecule has 2 N–H and O–H groups in total. The fraction of sp³-hybridized carbons (Fsp3) is 0.368. The van der Waals surface area contributed by atoms with Gasteiger partial charge in [0.1, 0.15) is 12.2 Å². The van der Waals surface area contributed by atoms with Crippen molar-refractivity contribution in [3.05, 3.63) is 53.6 Å². The van der Waals surface area contributed by atoms with Crippen LogP contribution < -0.4 is 0 Å². The van der Waals surface area contributed by atoms with E-state index in [2.05, 4.69) is 18.2 Å². The Bertz CT molecular complexity index is 628. The number of aliphatic hydroxyl groups excluding tert-OH is 1. The molecule has 1 aliphatic carbocycles. The van der Waals surface area contributed by atoms with Crippen LogP contribution in [0.15, 0.2) is 42.5 Å². The molecule has 0 aliphatic heterocycles. The molecule has 0 spiro atoms. The zero-order valence-corrected chi connectivity index (χ0v) is 13.1. The second-order valence-electron chi connectivity index (χ2n) is 5.82. The van der Waals surface area contributed by atoms with Crippen LogP contribution in [0.2, 0.25) is 0 Å². The highest BCUT2D eigenvalue weighted by Gasteiger charge is 2.12. The number of aryl methyl sites for hydroxylation is 1. The highest BCUT2D eigenvalue weighted by molar-refractivity contribution is 5.94. The summed E-state index contributed by atoms with van der Waals surface area (Å²) in [6.07, 6.45) is 8.02. The van der Waals surface area contributed by atoms with E-state index in [1.807, 2.05) is 12.1 Å². The number of hydrogen-bond donors (Lipinski definition) is 2. The number of aliphatic hydroxyl groups is 1. The van der Waals surface area contributed by atoms with Crippen molar-refractivity contribution in [2.24, 2.45) is 0 Å². The van der Waals surface area contributed by atoms with Crippen LogP contribution in [0.1, 0.15) is 43.2 Å². The zero-order chi connectivity index (χ0) is 16.7. The Morgan fingerprint density at radius 1 is 1.17 bits per heavy atom. The Labute approximate surface area is 136 Å². The van der Waals surface area contributed by atoms with Crippen LogP contribution in [0.25, 0.3) is 5.57 Å². The van der Waals surface area contributed by atoms with Gasteiger partial charge in [-0.1, -0.05) is 42.5 Å². The van der Waals surface area contributed by atoms with E-state index in [0.29, 0.717) is 0 Å². The van der Waals surface area contributed by atoms with E-state index in [1.165, 1.54) is 23.1 Å². The van der Waals surface area contributed by atoms with Gasteiger partial charge < -0.3 is 10.2 Å². The number of aliphatic carboxylic acids is 1. The number of carbonyl (C=O) groups excluding carboxylic acids is 1. The monoisotopic (exact) mass is 314 g/mol. The van der Waals surface area contributed by atoms with E-state index in [4.69, 9.17) is 5.11 Å². The Balaban J connectivity index is 2.01. The number of rotatable bonds is 6. The molecular weight excluding hydrogens is 292 g/mol. The summed E-state index contributed by atoms with van der Waals surface area (Å²) >= 11 is 0. The Morgan fingerprint density at radius 3 is 2.70 bits per heavy atom. The molecule has 1 aromatic carbocycles. The summed E-state index contributed by atoms with van der Waals surface area (Å²) < 4.78 is 0. The predicted octanol–water partition coefficient (Wildman–Crippen LogP) is 3.15. The summed E-state index contributed by atoms with van der Waals surface area (Å²) in [5.74, 6) is -1.63. The Morgan fingerprint density at radius 2 is 1.91 bits per heavy atom. The molecule has 2 rings (SSSR count). The average molecular weight is 314 g/mol. The second-order valence-corrected chi connectivity index (χ2v) is 5.82. The Kier molecular flexibility index (Phi) is 6.29. The van der Waals surface area contributed by atoms with Crippen molar-refractivity contribution in [3.63, 3.8) is 0 Å². The van der Waals surface area contributed by atoms with Gasteiger partial charge in [-0.2, -0.15) is 0 Å². The smallest absolute Gasteiger partial charge is 0.310 e. The lowest BCUT2D eigenvalue weighted by molar-refractivity contribution is -0.140. The number of carboxylic acids is 1. The maximum atomic E-state index is 11.3. The molecule has 0 aromatic heterocycles. The van der Waals surface area contributed by atoms with Crippen LogP contribution in [0.4, 0.5) is 0 Å². The predicted molar refractivity (Wildman–Crippen MR) is 89.0 cm³/mol. The lowest BCUT2D eigenvalue weighted by atomic mass is 9.98.